The lowest BCUT2D eigenvalue weighted by Crippen LogP contribution is -2.48. The van der Waals surface area contributed by atoms with Crippen LogP contribution in [0.1, 0.15) is 27.3 Å². The number of hydrogen-bond acceptors (Lipinski definition) is 8. The zero-order valence-electron chi connectivity index (χ0n) is 23.5. The van der Waals surface area contributed by atoms with Crippen LogP contribution in [-0.4, -0.2) is 79.6 Å². The van der Waals surface area contributed by atoms with Gasteiger partial charge in [0.05, 0.1) is 24.1 Å². The highest BCUT2D eigenvalue weighted by molar-refractivity contribution is 5.94. The molecular formula is C30H32N6O8. The summed E-state index contributed by atoms with van der Waals surface area (Å²) >= 11 is 0. The van der Waals surface area contributed by atoms with Gasteiger partial charge in [-0.1, -0.05) is 54.6 Å². The molecule has 0 spiro atoms. The third kappa shape index (κ3) is 9.27. The van der Waals surface area contributed by atoms with Gasteiger partial charge in [0.15, 0.2) is 6.29 Å². The number of aromatic amines is 1. The maximum Gasteiger partial charge on any atom is 0.408 e. The third-order valence-corrected chi connectivity index (χ3v) is 6.36. The predicted molar refractivity (Wildman–Crippen MR) is 157 cm³/mol. The molecule has 3 aromatic carbocycles. The molecule has 1 atom stereocenters. The molecule has 0 saturated heterocycles. The highest BCUT2D eigenvalue weighted by Gasteiger charge is 2.22. The maximum absolute atomic E-state index is 12.8. The number of alkyl carbamates (subject to hydrolysis) is 1. The number of benzene rings is 3. The molecule has 4 rings (SSSR count). The molecule has 0 fully saturated rings. The van der Waals surface area contributed by atoms with E-state index in [9.17, 15) is 24.3 Å². The fourth-order valence-corrected chi connectivity index (χ4v) is 4.14. The van der Waals surface area contributed by atoms with E-state index in [4.69, 9.17) is 14.9 Å². The molecule has 4 aromatic rings. The summed E-state index contributed by atoms with van der Waals surface area (Å²) in [5.74, 6) is -1.41. The molecule has 0 aliphatic rings. The van der Waals surface area contributed by atoms with Gasteiger partial charge in [-0.25, -0.2) is 19.4 Å². The van der Waals surface area contributed by atoms with Crippen molar-refractivity contribution in [1.82, 2.24) is 30.8 Å². The first kappa shape index (κ1) is 31.5. The number of aliphatic carboxylic acids is 1. The molecule has 44 heavy (non-hydrogen) atoms. The van der Waals surface area contributed by atoms with Crippen molar-refractivity contribution in [2.75, 3.05) is 13.1 Å². The quantitative estimate of drug-likeness (QED) is 0.111. The van der Waals surface area contributed by atoms with Gasteiger partial charge in [0.1, 0.15) is 18.5 Å². The number of nitrogens with zero attached hydrogens (tertiary/aromatic N) is 2. The molecule has 14 nitrogen and oxygen atoms in total. The molecule has 230 valence electrons. The Morgan fingerprint density at radius 2 is 1.55 bits per heavy atom. The summed E-state index contributed by atoms with van der Waals surface area (Å²) in [7, 11) is 0. The van der Waals surface area contributed by atoms with Crippen LogP contribution in [0.15, 0.2) is 78.9 Å². The second-order valence-electron chi connectivity index (χ2n) is 9.73. The van der Waals surface area contributed by atoms with E-state index in [2.05, 4.69) is 25.9 Å². The summed E-state index contributed by atoms with van der Waals surface area (Å²) < 4.78 is 5.05. The second-order valence-corrected chi connectivity index (χ2v) is 9.73. The zero-order valence-corrected chi connectivity index (χ0v) is 23.5. The van der Waals surface area contributed by atoms with Crippen molar-refractivity contribution in [2.24, 2.45) is 0 Å². The molecule has 0 bridgehead atoms. The summed E-state index contributed by atoms with van der Waals surface area (Å²) in [5.41, 5.74) is 3.14. The number of carbonyl (C=O) groups is 4. The van der Waals surface area contributed by atoms with Crippen LogP contribution in [0.25, 0.3) is 11.0 Å². The average Bonchev–Trinajstić information content (AvgIpc) is 3.43. The number of hydrogen-bond donors (Lipinski definition) is 7. The smallest absolute Gasteiger partial charge is 0.408 e. The number of carboxylic acids is 1. The minimum absolute atomic E-state index is 0.0432. The van der Waals surface area contributed by atoms with Crippen molar-refractivity contribution < 1.29 is 39.2 Å². The van der Waals surface area contributed by atoms with E-state index in [1.807, 2.05) is 30.3 Å². The maximum atomic E-state index is 12.8. The Morgan fingerprint density at radius 3 is 2.23 bits per heavy atom. The number of aromatic nitrogens is 2. The number of imidazole rings is 1. The number of para-hydroxylation sites is 2. The number of nitrogens with one attached hydrogen (secondary N) is 4. The Bertz CT molecular complexity index is 1540. The monoisotopic (exact) mass is 604 g/mol. The highest BCUT2D eigenvalue weighted by atomic mass is 16.5. The van der Waals surface area contributed by atoms with Gasteiger partial charge in [0.25, 0.3) is 5.91 Å². The molecule has 0 aliphatic heterocycles. The molecule has 0 radical (unpaired) electrons. The number of aliphatic hydroxyl groups excluding tert-OH is 1. The predicted octanol–water partition coefficient (Wildman–Crippen LogP) is 1.69. The first-order valence-electron chi connectivity index (χ1n) is 13.6. The van der Waals surface area contributed by atoms with Crippen LogP contribution in [0.5, 0.6) is 0 Å². The molecule has 4 amide bonds. The Labute approximate surface area is 251 Å². The summed E-state index contributed by atoms with van der Waals surface area (Å²) in [6.45, 7) is -0.619. The van der Waals surface area contributed by atoms with Gasteiger partial charge in [-0.15, -0.1) is 0 Å². The Kier molecular flexibility index (Phi) is 10.8. The first-order valence-corrected chi connectivity index (χ1v) is 13.6. The number of urea groups is 1. The molecule has 1 heterocycles. The van der Waals surface area contributed by atoms with Gasteiger partial charge in [-0.2, -0.15) is 0 Å². The van der Waals surface area contributed by atoms with E-state index in [1.165, 1.54) is 17.0 Å². The highest BCUT2D eigenvalue weighted by Crippen LogP contribution is 2.15. The van der Waals surface area contributed by atoms with Crippen LogP contribution < -0.4 is 16.0 Å². The lowest BCUT2D eigenvalue weighted by atomic mass is 10.1. The van der Waals surface area contributed by atoms with Gasteiger partial charge < -0.3 is 45.9 Å². The lowest BCUT2D eigenvalue weighted by molar-refractivity contribution is -0.139. The van der Waals surface area contributed by atoms with Gasteiger partial charge in [0.2, 0.25) is 0 Å². The van der Waals surface area contributed by atoms with Crippen LogP contribution in [0, 0.1) is 0 Å². The second kappa shape index (κ2) is 15.1. The van der Waals surface area contributed by atoms with Crippen molar-refractivity contribution in [3.8, 4) is 0 Å². The van der Waals surface area contributed by atoms with Crippen LogP contribution in [-0.2, 0) is 29.2 Å². The molecule has 0 saturated carbocycles. The largest absolute Gasteiger partial charge is 0.480 e. The van der Waals surface area contributed by atoms with Gasteiger partial charge >= 0.3 is 18.1 Å². The van der Waals surface area contributed by atoms with E-state index < -0.39 is 42.9 Å². The number of H-pyrrole nitrogens is 1. The summed E-state index contributed by atoms with van der Waals surface area (Å²) in [6.07, 6.45) is -2.66. The number of fused-ring (bicyclic) bond motifs is 1. The van der Waals surface area contributed by atoms with Crippen molar-refractivity contribution >= 4 is 35.0 Å². The Balaban J connectivity index is 1.34. The topological polar surface area (TPSA) is 206 Å². The Hall–Kier alpha value is -5.47. The number of carboxylic acid groups (broad SMARTS) is 1. The molecule has 1 aromatic heterocycles. The van der Waals surface area contributed by atoms with E-state index >= 15 is 0 Å². The molecule has 14 heteroatoms. The number of rotatable bonds is 13. The minimum Gasteiger partial charge on any atom is -0.480 e. The average molecular weight is 605 g/mol. The molecule has 1 unspecified atom stereocenters. The van der Waals surface area contributed by atoms with Gasteiger partial charge in [0, 0.05) is 18.7 Å². The van der Waals surface area contributed by atoms with Crippen LogP contribution in [0.4, 0.5) is 9.59 Å². The van der Waals surface area contributed by atoms with Crippen molar-refractivity contribution in [2.45, 2.75) is 32.0 Å². The molecule has 0 aliphatic carbocycles. The normalized spacial score (nSPS) is 11.5. The Morgan fingerprint density at radius 1 is 0.841 bits per heavy atom. The van der Waals surface area contributed by atoms with E-state index in [0.717, 1.165) is 16.6 Å². The van der Waals surface area contributed by atoms with Gasteiger partial charge in [-0.05, 0) is 35.4 Å². The van der Waals surface area contributed by atoms with E-state index in [0.29, 0.717) is 11.4 Å². The molecular weight excluding hydrogens is 572 g/mol. The standard InChI is InChI=1S/C30H32N6O8/c37-26(38)15-32-29(42)36(17-25-33-22-8-4-5-9-23(22)34-25)16-19-10-12-21(13-11-19)27(39)31-14-24(28(40)41)35-30(43)44-18-20-6-2-1-3-7-20/h1-13,24,26,37-38H,14-18H2,(H,31,39)(H,32,42)(H,33,34)(H,35,43)(H,40,41). The SMILES string of the molecule is O=C(NC(CNC(=O)c1ccc(CN(Cc2nc3ccccc3[nH]2)C(=O)NCC(O)O)cc1)C(=O)O)OCc1ccccc1. The number of carbonyl (C=O) groups excluding carboxylic acids is 3. The first-order chi connectivity index (χ1) is 21.2. The van der Waals surface area contributed by atoms with E-state index in [-0.39, 0.29) is 31.8 Å². The van der Waals surface area contributed by atoms with Crippen LogP contribution in [0.3, 0.4) is 0 Å². The third-order valence-electron chi connectivity index (χ3n) is 6.36. The molecule has 7 N–H and O–H groups in total. The summed E-state index contributed by atoms with van der Waals surface area (Å²) in [4.78, 5) is 58.3. The van der Waals surface area contributed by atoms with Gasteiger partial charge in [-0.3, -0.25) is 4.79 Å². The zero-order chi connectivity index (χ0) is 31.5. The summed E-state index contributed by atoms with van der Waals surface area (Å²) in [6, 6.07) is 20.5. The van der Waals surface area contributed by atoms with Crippen molar-refractivity contribution in [3.63, 3.8) is 0 Å². The summed E-state index contributed by atoms with van der Waals surface area (Å²) in [5, 5.41) is 35.0. The fourth-order valence-electron chi connectivity index (χ4n) is 4.14. The van der Waals surface area contributed by atoms with Crippen molar-refractivity contribution in [1.29, 1.82) is 0 Å². The number of aliphatic hydroxyl groups is 2. The van der Waals surface area contributed by atoms with Crippen LogP contribution >= 0.6 is 0 Å². The van der Waals surface area contributed by atoms with Crippen molar-refractivity contribution in [3.05, 3.63) is 101 Å². The van der Waals surface area contributed by atoms with Crippen LogP contribution in [0.2, 0.25) is 0 Å². The number of ether oxygens (including phenoxy) is 1. The fraction of sp³-hybridized carbons (Fsp3) is 0.233. The number of amides is 4. The minimum atomic E-state index is -1.72. The van der Waals surface area contributed by atoms with E-state index in [1.54, 1.807) is 36.4 Å². The lowest BCUT2D eigenvalue weighted by Gasteiger charge is -2.23.